The number of halogens is 3. The quantitative estimate of drug-likeness (QED) is 0.623. The molecule has 1 atom stereocenters. The second-order valence-corrected chi connectivity index (χ2v) is 7.84. The number of amides is 1. The molecule has 4 heterocycles. The molecule has 1 saturated heterocycles. The molecule has 1 amide bonds. The maximum absolute atomic E-state index is 13.5. The number of alkyl halides is 3. The fourth-order valence-electron chi connectivity index (χ4n) is 4.40. The Morgan fingerprint density at radius 3 is 2.71 bits per heavy atom. The Bertz CT molecular complexity index is 1120. The van der Waals surface area contributed by atoms with Gasteiger partial charge in [0.15, 0.2) is 11.8 Å². The van der Waals surface area contributed by atoms with Crippen molar-refractivity contribution in [3.8, 4) is 0 Å². The van der Waals surface area contributed by atoms with Crippen molar-refractivity contribution in [1.82, 2.24) is 24.5 Å². The molecule has 3 aromatic rings. The number of hydrogen-bond donors (Lipinski definition) is 0. The summed E-state index contributed by atoms with van der Waals surface area (Å²) < 4.78 is 46.8. The second-order valence-electron chi connectivity index (χ2n) is 7.84. The van der Waals surface area contributed by atoms with Crippen LogP contribution >= 0.6 is 0 Å². The monoisotopic (exact) mass is 431 g/mol. The molecular weight excluding hydrogens is 411 g/mol. The Kier molecular flexibility index (Phi) is 4.88. The van der Waals surface area contributed by atoms with E-state index in [2.05, 4.69) is 15.1 Å². The SMILES string of the molecule is O=C([C@@H]1OCCc2ccccc21)N1CCC(c2cc(C(F)(F)F)n3ncnc3n2)CC1. The Labute approximate surface area is 175 Å². The maximum Gasteiger partial charge on any atom is 0.433 e. The van der Waals surface area contributed by atoms with Crippen LogP contribution in [0.1, 0.15) is 47.4 Å². The Morgan fingerprint density at radius 2 is 1.94 bits per heavy atom. The zero-order valence-electron chi connectivity index (χ0n) is 16.5. The highest BCUT2D eigenvalue weighted by Crippen LogP contribution is 2.35. The molecule has 2 aromatic heterocycles. The van der Waals surface area contributed by atoms with Crippen LogP contribution in [-0.2, 0) is 22.1 Å². The van der Waals surface area contributed by atoms with Gasteiger partial charge < -0.3 is 9.64 Å². The van der Waals surface area contributed by atoms with Gasteiger partial charge >= 0.3 is 6.18 Å². The summed E-state index contributed by atoms with van der Waals surface area (Å²) >= 11 is 0. The minimum atomic E-state index is -4.56. The van der Waals surface area contributed by atoms with Crippen molar-refractivity contribution >= 4 is 11.7 Å². The molecule has 0 saturated carbocycles. The van der Waals surface area contributed by atoms with E-state index in [0.717, 1.165) is 29.9 Å². The van der Waals surface area contributed by atoms with Crippen LogP contribution in [0.2, 0.25) is 0 Å². The molecule has 2 aliphatic heterocycles. The zero-order valence-corrected chi connectivity index (χ0v) is 16.5. The third-order valence-corrected chi connectivity index (χ3v) is 6.00. The predicted octanol–water partition coefficient (Wildman–Crippen LogP) is 3.16. The van der Waals surface area contributed by atoms with E-state index >= 15 is 0 Å². The lowest BCUT2D eigenvalue weighted by Crippen LogP contribution is -2.42. The van der Waals surface area contributed by atoms with E-state index in [0.29, 0.717) is 42.7 Å². The number of rotatable bonds is 2. The van der Waals surface area contributed by atoms with Crippen molar-refractivity contribution in [2.45, 2.75) is 37.5 Å². The number of piperidine rings is 1. The first-order chi connectivity index (χ1) is 14.9. The molecule has 0 radical (unpaired) electrons. The van der Waals surface area contributed by atoms with E-state index in [9.17, 15) is 18.0 Å². The van der Waals surface area contributed by atoms with Gasteiger partial charge in [-0.3, -0.25) is 4.79 Å². The van der Waals surface area contributed by atoms with Crippen LogP contribution < -0.4 is 0 Å². The molecule has 2 aliphatic rings. The van der Waals surface area contributed by atoms with Gasteiger partial charge in [0.25, 0.3) is 11.7 Å². The molecule has 0 bridgehead atoms. The van der Waals surface area contributed by atoms with Gasteiger partial charge in [-0.05, 0) is 36.5 Å². The van der Waals surface area contributed by atoms with E-state index in [4.69, 9.17) is 4.74 Å². The molecule has 0 N–H and O–H groups in total. The highest BCUT2D eigenvalue weighted by molar-refractivity contribution is 5.83. The number of fused-ring (bicyclic) bond motifs is 2. The summed E-state index contributed by atoms with van der Waals surface area (Å²) in [6.07, 6.45) is -2.30. The number of nitrogens with zero attached hydrogens (tertiary/aromatic N) is 5. The number of likely N-dealkylation sites (tertiary alicyclic amines) is 1. The van der Waals surface area contributed by atoms with Crippen LogP contribution in [0.15, 0.2) is 36.7 Å². The van der Waals surface area contributed by atoms with E-state index < -0.39 is 18.0 Å². The van der Waals surface area contributed by atoms with E-state index in [1.165, 1.54) is 0 Å². The van der Waals surface area contributed by atoms with Gasteiger partial charge in [0.05, 0.1) is 6.61 Å². The highest BCUT2D eigenvalue weighted by atomic mass is 19.4. The minimum absolute atomic E-state index is 0.0736. The van der Waals surface area contributed by atoms with Crippen LogP contribution in [-0.4, -0.2) is 50.1 Å². The molecule has 5 rings (SSSR count). The summed E-state index contributed by atoms with van der Waals surface area (Å²) in [4.78, 5) is 23.0. The molecular formula is C21H20F3N5O2. The summed E-state index contributed by atoms with van der Waals surface area (Å²) in [6.45, 7) is 1.37. The molecule has 1 fully saturated rings. The van der Waals surface area contributed by atoms with Crippen molar-refractivity contribution in [3.63, 3.8) is 0 Å². The third kappa shape index (κ3) is 3.65. The van der Waals surface area contributed by atoms with E-state index in [1.54, 1.807) is 4.90 Å². The van der Waals surface area contributed by atoms with Crippen LogP contribution in [0.25, 0.3) is 5.78 Å². The molecule has 0 aliphatic carbocycles. The Morgan fingerprint density at radius 1 is 1.16 bits per heavy atom. The van der Waals surface area contributed by atoms with Crippen molar-refractivity contribution in [2.24, 2.45) is 0 Å². The van der Waals surface area contributed by atoms with Gasteiger partial charge in [-0.15, -0.1) is 0 Å². The number of aromatic nitrogens is 4. The normalized spacial score (nSPS) is 20.1. The number of ether oxygens (including phenoxy) is 1. The first kappa shape index (κ1) is 19.9. The van der Waals surface area contributed by atoms with Crippen LogP contribution in [0, 0.1) is 0 Å². The van der Waals surface area contributed by atoms with Gasteiger partial charge in [0.2, 0.25) is 0 Å². The standard InChI is InChI=1S/C21H20F3N5O2/c22-21(23,24)17-11-16(27-20-25-12-26-29(17)20)14-5-8-28(9-6-14)19(30)18-15-4-2-1-3-13(15)7-10-31-18/h1-4,11-12,14,18H,5-10H2/t18-/m1/s1. The first-order valence-corrected chi connectivity index (χ1v) is 10.2. The summed E-state index contributed by atoms with van der Waals surface area (Å²) in [5.74, 6) is -0.357. The number of hydrogen-bond acceptors (Lipinski definition) is 5. The molecule has 0 unspecified atom stereocenters. The van der Waals surface area contributed by atoms with Crippen LogP contribution in [0.5, 0.6) is 0 Å². The Balaban J connectivity index is 1.33. The van der Waals surface area contributed by atoms with Gasteiger partial charge in [-0.25, -0.2) is 4.98 Å². The summed E-state index contributed by atoms with van der Waals surface area (Å²) in [7, 11) is 0. The predicted molar refractivity (Wildman–Crippen MR) is 103 cm³/mol. The minimum Gasteiger partial charge on any atom is -0.363 e. The molecule has 1 aromatic carbocycles. The van der Waals surface area contributed by atoms with Crippen LogP contribution in [0.3, 0.4) is 0 Å². The third-order valence-electron chi connectivity index (χ3n) is 6.00. The van der Waals surface area contributed by atoms with Crippen molar-refractivity contribution in [3.05, 3.63) is 59.2 Å². The number of carbonyl (C=O) groups excluding carboxylic acids is 1. The zero-order chi connectivity index (χ0) is 21.6. The van der Waals surface area contributed by atoms with Gasteiger partial charge in [-0.2, -0.15) is 27.8 Å². The van der Waals surface area contributed by atoms with Gasteiger partial charge in [-0.1, -0.05) is 24.3 Å². The van der Waals surface area contributed by atoms with Gasteiger partial charge in [0, 0.05) is 24.7 Å². The van der Waals surface area contributed by atoms with Crippen LogP contribution in [0.4, 0.5) is 13.2 Å². The lowest BCUT2D eigenvalue weighted by Gasteiger charge is -2.35. The molecule has 0 spiro atoms. The fraction of sp³-hybridized carbons (Fsp3) is 0.429. The van der Waals surface area contributed by atoms with E-state index in [-0.39, 0.29) is 17.6 Å². The fourth-order valence-corrected chi connectivity index (χ4v) is 4.40. The number of carbonyl (C=O) groups is 1. The highest BCUT2D eigenvalue weighted by Gasteiger charge is 2.37. The molecule has 162 valence electrons. The topological polar surface area (TPSA) is 72.6 Å². The second kappa shape index (κ2) is 7.60. The van der Waals surface area contributed by atoms with Crippen molar-refractivity contribution in [2.75, 3.05) is 19.7 Å². The Hall–Kier alpha value is -3.01. The van der Waals surface area contributed by atoms with Gasteiger partial charge in [0.1, 0.15) is 6.33 Å². The summed E-state index contributed by atoms with van der Waals surface area (Å²) in [5, 5.41) is 3.63. The summed E-state index contributed by atoms with van der Waals surface area (Å²) in [6, 6.07) is 8.82. The average molecular weight is 431 g/mol. The number of benzene rings is 1. The smallest absolute Gasteiger partial charge is 0.363 e. The summed E-state index contributed by atoms with van der Waals surface area (Å²) in [5.41, 5.74) is 1.46. The average Bonchev–Trinajstić information content (AvgIpc) is 3.25. The van der Waals surface area contributed by atoms with E-state index in [1.807, 2.05) is 24.3 Å². The van der Waals surface area contributed by atoms with Crippen molar-refractivity contribution < 1.29 is 22.7 Å². The molecule has 31 heavy (non-hydrogen) atoms. The van der Waals surface area contributed by atoms with Crippen molar-refractivity contribution in [1.29, 1.82) is 0 Å². The first-order valence-electron chi connectivity index (χ1n) is 10.2. The largest absolute Gasteiger partial charge is 0.433 e. The molecule has 10 heteroatoms. The lowest BCUT2D eigenvalue weighted by atomic mass is 9.91. The maximum atomic E-state index is 13.5. The lowest BCUT2D eigenvalue weighted by molar-refractivity contribution is -0.146. The molecule has 7 nitrogen and oxygen atoms in total.